The molecule has 0 unspecified atom stereocenters. The van der Waals surface area contributed by atoms with E-state index in [0.717, 1.165) is 0 Å². The van der Waals surface area contributed by atoms with Gasteiger partial charge in [0, 0.05) is 23.5 Å². The maximum Gasteiger partial charge on any atom is 0.156 e. The summed E-state index contributed by atoms with van der Waals surface area (Å²) in [6.45, 7) is 14.8. The highest BCUT2D eigenvalue weighted by molar-refractivity contribution is 5.92. The summed E-state index contributed by atoms with van der Waals surface area (Å²) < 4.78 is 0. The van der Waals surface area contributed by atoms with Gasteiger partial charge in [0.25, 0.3) is 0 Å². The zero-order chi connectivity index (χ0) is 16.1. The molecule has 0 heterocycles. The number of rotatable bonds is 7. The first-order valence-electron chi connectivity index (χ1n) is 6.81. The van der Waals surface area contributed by atoms with Crippen LogP contribution in [-0.2, 0) is 9.59 Å². The molecule has 4 heteroatoms. The second kappa shape index (κ2) is 6.73. The van der Waals surface area contributed by atoms with Crippen LogP contribution in [0.15, 0.2) is 23.5 Å². The van der Waals surface area contributed by atoms with Gasteiger partial charge in [-0.3, -0.25) is 9.59 Å². The molecule has 0 saturated heterocycles. The molecule has 0 rings (SSSR count). The number of Topliss-reactive ketones (excluding diaryl/α,β-unsaturated/α-hetero) is 2. The van der Waals surface area contributed by atoms with Gasteiger partial charge < -0.3 is 10.6 Å². The van der Waals surface area contributed by atoms with Crippen molar-refractivity contribution < 1.29 is 9.59 Å². The van der Waals surface area contributed by atoms with Crippen molar-refractivity contribution in [2.45, 2.75) is 66.5 Å². The fourth-order valence-corrected chi connectivity index (χ4v) is 1.14. The van der Waals surface area contributed by atoms with Crippen molar-refractivity contribution in [2.24, 2.45) is 0 Å². The minimum atomic E-state index is -0.308. The molecule has 0 aliphatic rings. The predicted octanol–water partition coefficient (Wildman–Crippen LogP) is 2.71. The molecule has 0 atom stereocenters. The molecule has 0 radical (unpaired) electrons. The van der Waals surface area contributed by atoms with E-state index in [1.165, 1.54) is 0 Å². The van der Waals surface area contributed by atoms with Crippen molar-refractivity contribution >= 4 is 11.6 Å². The van der Waals surface area contributed by atoms with Crippen molar-refractivity contribution in [1.29, 1.82) is 0 Å². The fraction of sp³-hybridized carbons (Fsp3) is 0.625. The van der Waals surface area contributed by atoms with Gasteiger partial charge in [-0.15, -0.1) is 0 Å². The molecular weight excluding hydrogens is 252 g/mol. The largest absolute Gasteiger partial charge is 0.383 e. The van der Waals surface area contributed by atoms with Crippen LogP contribution < -0.4 is 10.6 Å². The van der Waals surface area contributed by atoms with E-state index in [4.69, 9.17) is 0 Å². The average Bonchev–Trinajstić information content (AvgIpc) is 2.32. The second-order valence-corrected chi connectivity index (χ2v) is 6.31. The molecule has 0 saturated carbocycles. The molecule has 0 amide bonds. The Labute approximate surface area is 122 Å². The van der Waals surface area contributed by atoms with Crippen LogP contribution in [0.25, 0.3) is 0 Å². The van der Waals surface area contributed by atoms with Gasteiger partial charge in [0.15, 0.2) is 11.6 Å². The molecule has 0 aliphatic carbocycles. The molecule has 114 valence electrons. The van der Waals surface area contributed by atoms with Crippen molar-refractivity contribution in [1.82, 2.24) is 10.6 Å². The molecular formula is C16H28N2O2. The molecule has 2 N–H and O–H groups in total. The van der Waals surface area contributed by atoms with E-state index in [9.17, 15) is 9.59 Å². The van der Waals surface area contributed by atoms with E-state index >= 15 is 0 Å². The number of carbonyl (C=O) groups excluding carboxylic acids is 2. The van der Waals surface area contributed by atoms with Gasteiger partial charge in [-0.2, -0.15) is 0 Å². The second-order valence-electron chi connectivity index (χ2n) is 6.31. The van der Waals surface area contributed by atoms with Gasteiger partial charge in [0.05, 0.1) is 11.1 Å². The molecule has 20 heavy (non-hydrogen) atoms. The maximum absolute atomic E-state index is 11.2. The third kappa shape index (κ3) is 5.19. The highest BCUT2D eigenvalue weighted by Crippen LogP contribution is 2.21. The topological polar surface area (TPSA) is 58.2 Å². The van der Waals surface area contributed by atoms with Gasteiger partial charge in [-0.05, 0) is 55.4 Å². The molecule has 0 aromatic carbocycles. The number of hydrogen-bond donors (Lipinski definition) is 2. The Kier molecular flexibility index (Phi) is 6.20. The van der Waals surface area contributed by atoms with E-state index in [-0.39, 0.29) is 22.6 Å². The monoisotopic (exact) mass is 280 g/mol. The first kappa shape index (κ1) is 18.4. The quantitative estimate of drug-likeness (QED) is 0.704. The first-order chi connectivity index (χ1) is 8.90. The summed E-state index contributed by atoms with van der Waals surface area (Å²) in [7, 11) is 0. The van der Waals surface area contributed by atoms with Crippen LogP contribution in [0.2, 0.25) is 0 Å². The van der Waals surface area contributed by atoms with Gasteiger partial charge in [0.2, 0.25) is 0 Å². The van der Waals surface area contributed by atoms with Gasteiger partial charge in [0.1, 0.15) is 0 Å². The van der Waals surface area contributed by atoms with Crippen molar-refractivity contribution in [3.05, 3.63) is 23.5 Å². The smallest absolute Gasteiger partial charge is 0.156 e. The molecule has 0 bridgehead atoms. The highest BCUT2D eigenvalue weighted by Gasteiger charge is 2.35. The standard InChI is InChI=1S/C16H28N2O2/c1-11(13(3)19)9-17-15(5,6)16(7,8)18-10-12(2)14(4)20/h9-10,17-18H,1-8H3. The summed E-state index contributed by atoms with van der Waals surface area (Å²) in [5.41, 5.74) is 0.753. The molecule has 4 nitrogen and oxygen atoms in total. The Morgan fingerprint density at radius 3 is 1.15 bits per heavy atom. The number of ketones is 2. The Balaban J connectivity index is 4.98. The van der Waals surface area contributed by atoms with Gasteiger partial charge in [-0.1, -0.05) is 0 Å². The zero-order valence-corrected chi connectivity index (χ0v) is 14.0. The van der Waals surface area contributed by atoms with Crippen LogP contribution in [0.4, 0.5) is 0 Å². The SMILES string of the molecule is CC(=O)C(C)=CNC(C)(C)C(C)(C)NC=C(C)C(C)=O. The van der Waals surface area contributed by atoms with Crippen LogP contribution in [0.1, 0.15) is 55.4 Å². The Bertz CT molecular complexity index is 401. The van der Waals surface area contributed by atoms with E-state index < -0.39 is 0 Å². The third-order valence-corrected chi connectivity index (χ3v) is 3.97. The number of nitrogens with one attached hydrogen (secondary N) is 2. The Hall–Kier alpha value is -1.58. The fourth-order valence-electron chi connectivity index (χ4n) is 1.14. The van der Waals surface area contributed by atoms with E-state index in [2.05, 4.69) is 10.6 Å². The van der Waals surface area contributed by atoms with Crippen LogP contribution in [0.3, 0.4) is 0 Å². The van der Waals surface area contributed by atoms with Crippen molar-refractivity contribution in [2.75, 3.05) is 0 Å². The summed E-state index contributed by atoms with van der Waals surface area (Å²) in [5, 5.41) is 6.55. The van der Waals surface area contributed by atoms with Crippen LogP contribution in [0, 0.1) is 0 Å². The van der Waals surface area contributed by atoms with Gasteiger partial charge in [-0.25, -0.2) is 0 Å². The Morgan fingerprint density at radius 2 is 0.950 bits per heavy atom. The Morgan fingerprint density at radius 1 is 0.700 bits per heavy atom. The van der Waals surface area contributed by atoms with Crippen LogP contribution in [-0.4, -0.2) is 22.6 Å². The highest BCUT2D eigenvalue weighted by atomic mass is 16.1. The number of hydrogen-bond acceptors (Lipinski definition) is 4. The van der Waals surface area contributed by atoms with Crippen molar-refractivity contribution in [3.8, 4) is 0 Å². The normalized spacial score (nSPS) is 14.0. The lowest BCUT2D eigenvalue weighted by atomic mass is 9.82. The van der Waals surface area contributed by atoms with Crippen molar-refractivity contribution in [3.63, 3.8) is 0 Å². The minimum Gasteiger partial charge on any atom is -0.383 e. The lowest BCUT2D eigenvalue weighted by Gasteiger charge is -2.42. The molecule has 0 aromatic rings. The summed E-state index contributed by atoms with van der Waals surface area (Å²) in [5.74, 6) is 0.0952. The number of allylic oxidation sites excluding steroid dienone is 2. The van der Waals surface area contributed by atoms with Gasteiger partial charge >= 0.3 is 0 Å². The van der Waals surface area contributed by atoms with E-state index in [1.807, 2.05) is 27.7 Å². The minimum absolute atomic E-state index is 0.0476. The molecule has 0 aromatic heterocycles. The summed E-state index contributed by atoms with van der Waals surface area (Å²) in [6.07, 6.45) is 3.49. The van der Waals surface area contributed by atoms with E-state index in [0.29, 0.717) is 11.1 Å². The molecule has 0 aliphatic heterocycles. The zero-order valence-electron chi connectivity index (χ0n) is 14.0. The summed E-state index contributed by atoms with van der Waals surface area (Å²) in [4.78, 5) is 22.5. The number of carbonyl (C=O) groups is 2. The lowest BCUT2D eigenvalue weighted by Crippen LogP contribution is -2.60. The first-order valence-corrected chi connectivity index (χ1v) is 6.81. The average molecular weight is 280 g/mol. The predicted molar refractivity (Wildman–Crippen MR) is 83.3 cm³/mol. The van der Waals surface area contributed by atoms with Crippen LogP contribution in [0.5, 0.6) is 0 Å². The maximum atomic E-state index is 11.2. The molecule has 0 spiro atoms. The lowest BCUT2D eigenvalue weighted by molar-refractivity contribution is -0.114. The van der Waals surface area contributed by atoms with E-state index in [1.54, 1.807) is 40.1 Å². The third-order valence-electron chi connectivity index (χ3n) is 3.97. The molecule has 0 fully saturated rings. The summed E-state index contributed by atoms with van der Waals surface area (Å²) in [6, 6.07) is 0. The summed E-state index contributed by atoms with van der Waals surface area (Å²) >= 11 is 0. The van der Waals surface area contributed by atoms with Crippen LogP contribution >= 0.6 is 0 Å².